The van der Waals surface area contributed by atoms with Crippen molar-refractivity contribution in [3.8, 4) is 5.75 Å². The third kappa shape index (κ3) is 3.78. The molecule has 7 heteroatoms. The van der Waals surface area contributed by atoms with Crippen molar-refractivity contribution in [2.45, 2.75) is 31.8 Å². The summed E-state index contributed by atoms with van der Waals surface area (Å²) in [5.74, 6) is 1.40. The SMILES string of the molecule is CCN1C(=O)[C@H]2CN(Cc3cccnc3)C[C@H]2C12CCN(C(=O)c1cccc(OC)c1)CC2. The number of likely N-dealkylation sites (tertiary alicyclic amines) is 3. The number of amides is 2. The predicted octanol–water partition coefficient (Wildman–Crippen LogP) is 2.68. The monoisotopic (exact) mass is 448 g/mol. The highest BCUT2D eigenvalue weighted by molar-refractivity contribution is 5.94. The zero-order valence-electron chi connectivity index (χ0n) is 19.4. The first kappa shape index (κ1) is 21.9. The molecule has 3 fully saturated rings. The van der Waals surface area contributed by atoms with E-state index in [0.29, 0.717) is 36.2 Å². The second-order valence-corrected chi connectivity index (χ2v) is 9.48. The molecule has 7 nitrogen and oxygen atoms in total. The Labute approximate surface area is 195 Å². The van der Waals surface area contributed by atoms with Crippen LogP contribution in [0.1, 0.15) is 35.7 Å². The van der Waals surface area contributed by atoms with Gasteiger partial charge in [0.25, 0.3) is 5.91 Å². The fraction of sp³-hybridized carbons (Fsp3) is 0.500. The van der Waals surface area contributed by atoms with Gasteiger partial charge >= 0.3 is 0 Å². The minimum atomic E-state index is -0.147. The zero-order valence-corrected chi connectivity index (χ0v) is 19.4. The first-order valence-corrected chi connectivity index (χ1v) is 11.9. The maximum Gasteiger partial charge on any atom is 0.253 e. The van der Waals surface area contributed by atoms with Crippen LogP contribution >= 0.6 is 0 Å². The smallest absolute Gasteiger partial charge is 0.253 e. The van der Waals surface area contributed by atoms with Crippen LogP contribution in [0, 0.1) is 11.8 Å². The molecule has 3 aliphatic heterocycles. The Hall–Kier alpha value is -2.93. The Morgan fingerprint density at radius 2 is 2.00 bits per heavy atom. The van der Waals surface area contributed by atoms with Gasteiger partial charge in [-0.1, -0.05) is 12.1 Å². The second kappa shape index (κ2) is 8.78. The number of aromatic nitrogens is 1. The summed E-state index contributed by atoms with van der Waals surface area (Å²) < 4.78 is 5.29. The number of piperidine rings is 1. The van der Waals surface area contributed by atoms with Gasteiger partial charge in [-0.05, 0) is 49.6 Å². The molecule has 0 aliphatic carbocycles. The third-order valence-electron chi connectivity index (χ3n) is 7.88. The van der Waals surface area contributed by atoms with Crippen molar-refractivity contribution in [3.63, 3.8) is 0 Å². The number of rotatable bonds is 5. The molecule has 0 radical (unpaired) electrons. The number of ether oxygens (including phenoxy) is 1. The van der Waals surface area contributed by atoms with Crippen molar-refractivity contribution >= 4 is 11.8 Å². The number of methoxy groups -OCH3 is 1. The first-order valence-electron chi connectivity index (χ1n) is 11.9. The largest absolute Gasteiger partial charge is 0.497 e. The van der Waals surface area contributed by atoms with Crippen LogP contribution in [0.25, 0.3) is 0 Å². The zero-order chi connectivity index (χ0) is 23.0. The molecule has 0 saturated carbocycles. The number of benzene rings is 1. The molecule has 0 bridgehead atoms. The fourth-order valence-electron chi connectivity index (χ4n) is 6.33. The van der Waals surface area contributed by atoms with E-state index in [1.54, 1.807) is 19.4 Å². The van der Waals surface area contributed by atoms with E-state index < -0.39 is 0 Å². The van der Waals surface area contributed by atoms with Gasteiger partial charge in [0.1, 0.15) is 5.75 Å². The quantitative estimate of drug-likeness (QED) is 0.704. The van der Waals surface area contributed by atoms with Crippen LogP contribution in [-0.4, -0.2) is 76.9 Å². The Kier molecular flexibility index (Phi) is 5.83. The summed E-state index contributed by atoms with van der Waals surface area (Å²) in [4.78, 5) is 37.3. The van der Waals surface area contributed by atoms with Gasteiger partial charge in [0.2, 0.25) is 5.91 Å². The van der Waals surface area contributed by atoms with Crippen molar-refractivity contribution < 1.29 is 14.3 Å². The molecule has 0 N–H and O–H groups in total. The fourth-order valence-corrected chi connectivity index (χ4v) is 6.33. The Bertz CT molecular complexity index is 1020. The van der Waals surface area contributed by atoms with Gasteiger partial charge in [0.05, 0.1) is 18.6 Å². The van der Waals surface area contributed by atoms with Crippen molar-refractivity contribution in [3.05, 3.63) is 59.9 Å². The molecule has 1 spiro atoms. The van der Waals surface area contributed by atoms with Crippen LogP contribution in [0.15, 0.2) is 48.8 Å². The lowest BCUT2D eigenvalue weighted by molar-refractivity contribution is -0.135. The molecule has 33 heavy (non-hydrogen) atoms. The minimum Gasteiger partial charge on any atom is -0.497 e. The molecular formula is C26H32N4O3. The van der Waals surface area contributed by atoms with Crippen molar-refractivity contribution in [2.75, 3.05) is 39.8 Å². The molecule has 5 rings (SSSR count). The lowest BCUT2D eigenvalue weighted by Gasteiger charge is -2.47. The van der Waals surface area contributed by atoms with Gasteiger partial charge in [-0.2, -0.15) is 0 Å². The van der Waals surface area contributed by atoms with E-state index in [4.69, 9.17) is 4.74 Å². The van der Waals surface area contributed by atoms with Crippen LogP contribution in [-0.2, 0) is 11.3 Å². The van der Waals surface area contributed by atoms with Crippen molar-refractivity contribution in [1.29, 1.82) is 0 Å². The number of carbonyl (C=O) groups excluding carboxylic acids is 2. The molecule has 3 saturated heterocycles. The number of fused-ring (bicyclic) bond motifs is 2. The minimum absolute atomic E-state index is 0.0392. The molecule has 174 valence electrons. The van der Waals surface area contributed by atoms with Crippen molar-refractivity contribution in [1.82, 2.24) is 19.7 Å². The second-order valence-electron chi connectivity index (χ2n) is 9.48. The lowest BCUT2D eigenvalue weighted by Crippen LogP contribution is -2.57. The van der Waals surface area contributed by atoms with E-state index >= 15 is 0 Å². The number of pyridine rings is 1. The summed E-state index contributed by atoms with van der Waals surface area (Å²) in [5.41, 5.74) is 1.69. The average Bonchev–Trinajstić information content (AvgIpc) is 3.36. The molecule has 1 aromatic carbocycles. The highest BCUT2D eigenvalue weighted by Gasteiger charge is 2.61. The van der Waals surface area contributed by atoms with Crippen LogP contribution < -0.4 is 4.74 Å². The molecular weight excluding hydrogens is 416 g/mol. The third-order valence-corrected chi connectivity index (χ3v) is 7.88. The van der Waals surface area contributed by atoms with Gasteiger partial charge in [-0.25, -0.2) is 0 Å². The van der Waals surface area contributed by atoms with Gasteiger partial charge < -0.3 is 14.5 Å². The van der Waals surface area contributed by atoms with E-state index in [0.717, 1.165) is 39.0 Å². The summed E-state index contributed by atoms with van der Waals surface area (Å²) in [5, 5.41) is 0. The van der Waals surface area contributed by atoms with Crippen molar-refractivity contribution in [2.24, 2.45) is 11.8 Å². The van der Waals surface area contributed by atoms with Crippen LogP contribution in [0.3, 0.4) is 0 Å². The van der Waals surface area contributed by atoms with Gasteiger partial charge in [-0.15, -0.1) is 0 Å². The summed E-state index contributed by atoms with van der Waals surface area (Å²) in [6, 6.07) is 11.4. The van der Waals surface area contributed by atoms with Crippen LogP contribution in [0.5, 0.6) is 5.75 Å². The summed E-state index contributed by atoms with van der Waals surface area (Å²) in [6.07, 6.45) is 5.38. The normalized spacial score (nSPS) is 24.4. The first-order chi connectivity index (χ1) is 16.1. The van der Waals surface area contributed by atoms with E-state index in [9.17, 15) is 9.59 Å². The highest BCUT2D eigenvalue weighted by Crippen LogP contribution is 2.49. The molecule has 1 aromatic heterocycles. The highest BCUT2D eigenvalue weighted by atomic mass is 16.5. The molecule has 0 unspecified atom stereocenters. The van der Waals surface area contributed by atoms with Gasteiger partial charge in [0, 0.05) is 63.1 Å². The molecule has 2 atom stereocenters. The van der Waals surface area contributed by atoms with E-state index in [-0.39, 0.29) is 17.4 Å². The maximum absolute atomic E-state index is 13.4. The maximum atomic E-state index is 13.4. The summed E-state index contributed by atoms with van der Waals surface area (Å²) in [7, 11) is 1.61. The number of carbonyl (C=O) groups is 2. The van der Waals surface area contributed by atoms with E-state index in [2.05, 4.69) is 27.8 Å². The topological polar surface area (TPSA) is 66.0 Å². The Balaban J connectivity index is 1.31. The molecule has 2 amide bonds. The van der Waals surface area contributed by atoms with Gasteiger partial charge in [-0.3, -0.25) is 19.5 Å². The molecule has 3 aliphatic rings. The van der Waals surface area contributed by atoms with Crippen LogP contribution in [0.4, 0.5) is 0 Å². The number of hydrogen-bond donors (Lipinski definition) is 0. The Morgan fingerprint density at radius 3 is 2.70 bits per heavy atom. The van der Waals surface area contributed by atoms with Crippen LogP contribution in [0.2, 0.25) is 0 Å². The van der Waals surface area contributed by atoms with E-state index in [1.165, 1.54) is 5.56 Å². The van der Waals surface area contributed by atoms with Gasteiger partial charge in [0.15, 0.2) is 0 Å². The summed E-state index contributed by atoms with van der Waals surface area (Å²) >= 11 is 0. The number of nitrogens with zero attached hydrogens (tertiary/aromatic N) is 4. The van der Waals surface area contributed by atoms with E-state index in [1.807, 2.05) is 35.4 Å². The lowest BCUT2D eigenvalue weighted by atomic mass is 9.74. The standard InChI is InChI=1S/C26H32N4O3/c1-3-30-25(32)22-17-28(16-19-6-5-11-27-15-19)18-23(22)26(30)9-12-29(13-10-26)24(31)20-7-4-8-21(14-20)33-2/h4-8,11,14-15,22-23H,3,9-10,12-13,16-18H2,1-2H3/t22-,23+/m0/s1. The molecule has 2 aromatic rings. The average molecular weight is 449 g/mol. The summed E-state index contributed by atoms with van der Waals surface area (Å²) in [6.45, 7) is 6.73. The molecule has 4 heterocycles. The number of hydrogen-bond acceptors (Lipinski definition) is 5. The predicted molar refractivity (Wildman–Crippen MR) is 125 cm³/mol. The Morgan fingerprint density at radius 1 is 1.18 bits per heavy atom.